The molecule has 0 unspecified atom stereocenters. The summed E-state index contributed by atoms with van der Waals surface area (Å²) in [6, 6.07) is 8.33. The summed E-state index contributed by atoms with van der Waals surface area (Å²) in [6.45, 7) is 6.16. The Labute approximate surface area is 157 Å². The van der Waals surface area contributed by atoms with Crippen LogP contribution in [0.4, 0.5) is 11.4 Å². The molecule has 0 amide bonds. The number of ether oxygens (including phenoxy) is 2. The van der Waals surface area contributed by atoms with Crippen LogP contribution >= 0.6 is 0 Å². The zero-order valence-corrected chi connectivity index (χ0v) is 15.6. The molecule has 142 valence electrons. The maximum atomic E-state index is 11.5. The minimum atomic E-state index is -0.494. The normalized spacial score (nSPS) is 15.0. The van der Waals surface area contributed by atoms with E-state index in [0.717, 1.165) is 29.0 Å². The first-order valence-corrected chi connectivity index (χ1v) is 8.87. The number of nitro benzene ring substituents is 1. The predicted octanol–water partition coefficient (Wildman–Crippen LogP) is 4.13. The molecule has 1 aliphatic heterocycles. The molecule has 1 aliphatic rings. The fraction of sp³-hybridized carbons (Fsp3) is 0.350. The minimum Gasteiger partial charge on any atom is -0.494 e. The molecule has 0 fully saturated rings. The summed E-state index contributed by atoms with van der Waals surface area (Å²) >= 11 is 0. The Morgan fingerprint density at radius 1 is 1.37 bits per heavy atom. The van der Waals surface area contributed by atoms with E-state index in [2.05, 4.69) is 5.32 Å². The van der Waals surface area contributed by atoms with Gasteiger partial charge in [-0.3, -0.25) is 14.9 Å². The van der Waals surface area contributed by atoms with Crippen LogP contribution in [-0.4, -0.2) is 23.4 Å². The molecule has 7 heteroatoms. The lowest BCUT2D eigenvalue weighted by molar-refractivity contribution is -0.384. The Morgan fingerprint density at radius 3 is 2.81 bits per heavy atom. The maximum absolute atomic E-state index is 11.5. The smallest absolute Gasteiger partial charge is 0.293 e. The number of nitrogens with zero attached hydrogens (tertiary/aromatic N) is 1. The number of carbonyl (C=O) groups excluding carboxylic acids is 1. The second-order valence-electron chi connectivity index (χ2n) is 6.53. The molecule has 0 aliphatic carbocycles. The third kappa shape index (κ3) is 4.02. The van der Waals surface area contributed by atoms with Gasteiger partial charge in [-0.15, -0.1) is 0 Å². The maximum Gasteiger partial charge on any atom is 0.293 e. The first-order chi connectivity index (χ1) is 12.9. The molecular formula is C20H22N2O5. The van der Waals surface area contributed by atoms with Gasteiger partial charge < -0.3 is 14.8 Å². The molecule has 1 N–H and O–H groups in total. The molecule has 0 aromatic heterocycles. The molecule has 0 spiro atoms. The molecule has 0 radical (unpaired) electrons. The highest BCUT2D eigenvalue weighted by molar-refractivity contribution is 5.95. The second kappa shape index (κ2) is 7.65. The fourth-order valence-corrected chi connectivity index (χ4v) is 3.15. The van der Waals surface area contributed by atoms with Gasteiger partial charge in [0.1, 0.15) is 23.3 Å². The van der Waals surface area contributed by atoms with Gasteiger partial charge >= 0.3 is 0 Å². The van der Waals surface area contributed by atoms with Crippen LogP contribution in [0.2, 0.25) is 0 Å². The van der Waals surface area contributed by atoms with Gasteiger partial charge in [0.15, 0.2) is 5.78 Å². The summed E-state index contributed by atoms with van der Waals surface area (Å²) in [5.74, 6) is 1.35. The van der Waals surface area contributed by atoms with Gasteiger partial charge in [-0.05, 0) is 45.0 Å². The van der Waals surface area contributed by atoms with E-state index in [1.54, 1.807) is 12.1 Å². The third-order valence-electron chi connectivity index (χ3n) is 4.45. The lowest BCUT2D eigenvalue weighted by atomic mass is 10.1. The Morgan fingerprint density at radius 2 is 2.15 bits per heavy atom. The fourth-order valence-electron chi connectivity index (χ4n) is 3.15. The van der Waals surface area contributed by atoms with Gasteiger partial charge in [0.25, 0.3) is 5.69 Å². The first kappa shape index (κ1) is 18.7. The van der Waals surface area contributed by atoms with E-state index >= 15 is 0 Å². The highest BCUT2D eigenvalue weighted by Gasteiger charge is 2.22. The van der Waals surface area contributed by atoms with E-state index in [0.29, 0.717) is 24.4 Å². The van der Waals surface area contributed by atoms with Crippen LogP contribution in [0, 0.1) is 10.1 Å². The number of carbonyl (C=O) groups is 1. The molecule has 1 heterocycles. The average molecular weight is 370 g/mol. The van der Waals surface area contributed by atoms with Gasteiger partial charge in [0, 0.05) is 35.7 Å². The Balaban J connectivity index is 1.87. The zero-order valence-electron chi connectivity index (χ0n) is 15.6. The van der Waals surface area contributed by atoms with Crippen molar-refractivity contribution in [3.63, 3.8) is 0 Å². The van der Waals surface area contributed by atoms with Crippen molar-refractivity contribution in [1.29, 1.82) is 0 Å². The molecule has 0 saturated carbocycles. The average Bonchev–Trinajstić information content (AvgIpc) is 2.98. The van der Waals surface area contributed by atoms with Crippen LogP contribution in [0.1, 0.15) is 42.3 Å². The number of nitro groups is 1. The lowest BCUT2D eigenvalue weighted by Gasteiger charge is -2.14. The van der Waals surface area contributed by atoms with Crippen molar-refractivity contribution in [3.8, 4) is 11.5 Å². The molecule has 0 saturated heterocycles. The number of ketones is 1. The summed E-state index contributed by atoms with van der Waals surface area (Å²) in [5.41, 5.74) is 2.48. The molecule has 0 bridgehead atoms. The van der Waals surface area contributed by atoms with Crippen molar-refractivity contribution in [2.75, 3.05) is 11.9 Å². The Kier molecular flexibility index (Phi) is 5.30. The van der Waals surface area contributed by atoms with Crippen molar-refractivity contribution >= 4 is 17.2 Å². The largest absolute Gasteiger partial charge is 0.494 e. The molecule has 1 atom stereocenters. The predicted molar refractivity (Wildman–Crippen MR) is 102 cm³/mol. The SMILES string of the molecule is CCOc1cc2c(cc1CNc1ccc(C(C)=O)cc1[N+](=O)[O-])O[C@@H](C)C2. The molecular weight excluding hydrogens is 348 g/mol. The molecule has 2 aromatic rings. The monoisotopic (exact) mass is 370 g/mol. The van der Waals surface area contributed by atoms with Crippen LogP contribution in [0.3, 0.4) is 0 Å². The highest BCUT2D eigenvalue weighted by Crippen LogP contribution is 2.36. The molecule has 3 rings (SSSR count). The summed E-state index contributed by atoms with van der Waals surface area (Å²) in [5, 5.41) is 14.5. The van der Waals surface area contributed by atoms with E-state index in [1.165, 1.54) is 13.0 Å². The zero-order chi connectivity index (χ0) is 19.6. The van der Waals surface area contributed by atoms with Gasteiger partial charge in [-0.2, -0.15) is 0 Å². The van der Waals surface area contributed by atoms with Crippen molar-refractivity contribution < 1.29 is 19.2 Å². The molecule has 7 nitrogen and oxygen atoms in total. The number of anilines is 1. The number of hydrogen-bond acceptors (Lipinski definition) is 6. The number of Topliss-reactive ketones (excluding diaryl/α,β-unsaturated/α-hetero) is 1. The molecule has 2 aromatic carbocycles. The van der Waals surface area contributed by atoms with Gasteiger partial charge in [-0.25, -0.2) is 0 Å². The number of fused-ring (bicyclic) bond motifs is 1. The minimum absolute atomic E-state index is 0.123. The summed E-state index contributed by atoms with van der Waals surface area (Å²) in [7, 11) is 0. The summed E-state index contributed by atoms with van der Waals surface area (Å²) in [4.78, 5) is 22.4. The number of nitrogens with one attached hydrogen (secondary N) is 1. The van der Waals surface area contributed by atoms with Crippen molar-refractivity contribution in [3.05, 3.63) is 57.1 Å². The summed E-state index contributed by atoms with van der Waals surface area (Å²) < 4.78 is 11.5. The van der Waals surface area contributed by atoms with Gasteiger partial charge in [0.05, 0.1) is 11.5 Å². The standard InChI is InChI=1S/C20H22N2O5/c1-4-26-19-9-15-7-12(2)27-20(15)10-16(19)11-21-17-6-5-14(13(3)23)8-18(17)22(24)25/h5-6,8-10,12,21H,4,7,11H2,1-3H3/t12-/m0/s1. The van der Waals surface area contributed by atoms with E-state index in [4.69, 9.17) is 9.47 Å². The summed E-state index contributed by atoms with van der Waals surface area (Å²) in [6.07, 6.45) is 0.957. The van der Waals surface area contributed by atoms with Crippen LogP contribution in [0.25, 0.3) is 0 Å². The van der Waals surface area contributed by atoms with Crippen molar-refractivity contribution in [2.24, 2.45) is 0 Å². The Bertz CT molecular complexity index is 894. The second-order valence-corrected chi connectivity index (χ2v) is 6.53. The van der Waals surface area contributed by atoms with Crippen LogP contribution < -0.4 is 14.8 Å². The van der Waals surface area contributed by atoms with E-state index in [9.17, 15) is 14.9 Å². The van der Waals surface area contributed by atoms with E-state index in [1.807, 2.05) is 26.0 Å². The number of benzene rings is 2. The number of hydrogen-bond donors (Lipinski definition) is 1. The topological polar surface area (TPSA) is 90.7 Å². The first-order valence-electron chi connectivity index (χ1n) is 8.87. The molecule has 27 heavy (non-hydrogen) atoms. The third-order valence-corrected chi connectivity index (χ3v) is 4.45. The quantitative estimate of drug-likeness (QED) is 0.448. The highest BCUT2D eigenvalue weighted by atomic mass is 16.6. The number of rotatable bonds is 7. The van der Waals surface area contributed by atoms with Crippen LogP contribution in [0.15, 0.2) is 30.3 Å². The van der Waals surface area contributed by atoms with Crippen molar-refractivity contribution in [2.45, 2.75) is 39.8 Å². The van der Waals surface area contributed by atoms with Crippen LogP contribution in [-0.2, 0) is 13.0 Å². The van der Waals surface area contributed by atoms with Gasteiger partial charge in [0.2, 0.25) is 0 Å². The lowest BCUT2D eigenvalue weighted by Crippen LogP contribution is -2.07. The van der Waals surface area contributed by atoms with Crippen molar-refractivity contribution in [1.82, 2.24) is 0 Å². The van der Waals surface area contributed by atoms with E-state index < -0.39 is 4.92 Å². The Hall–Kier alpha value is -3.09. The van der Waals surface area contributed by atoms with Gasteiger partial charge in [-0.1, -0.05) is 0 Å². The van der Waals surface area contributed by atoms with Crippen LogP contribution in [0.5, 0.6) is 11.5 Å². The van der Waals surface area contributed by atoms with E-state index in [-0.39, 0.29) is 17.6 Å².